The number of carbonyl (C=O) groups is 1. The maximum Gasteiger partial charge on any atom is 0.222 e. The third-order valence-corrected chi connectivity index (χ3v) is 3.08. The first-order valence-electron chi connectivity index (χ1n) is 6.15. The summed E-state index contributed by atoms with van der Waals surface area (Å²) in [7, 11) is 6.67. The second-order valence-corrected chi connectivity index (χ2v) is 4.53. The van der Waals surface area contributed by atoms with Crippen LogP contribution in [0.5, 0.6) is 11.5 Å². The molecule has 1 amide bonds. The average molecular weight is 266 g/mol. The van der Waals surface area contributed by atoms with Crippen LogP contribution in [0.4, 0.5) is 0 Å². The van der Waals surface area contributed by atoms with Gasteiger partial charge in [0.05, 0.1) is 14.2 Å². The summed E-state index contributed by atoms with van der Waals surface area (Å²) < 4.78 is 10.5. The van der Waals surface area contributed by atoms with Gasteiger partial charge in [0, 0.05) is 32.5 Å². The van der Waals surface area contributed by atoms with Crippen molar-refractivity contribution in [1.82, 2.24) is 4.90 Å². The van der Waals surface area contributed by atoms with Gasteiger partial charge in [0.2, 0.25) is 5.91 Å². The van der Waals surface area contributed by atoms with Crippen molar-refractivity contribution in [3.05, 3.63) is 23.8 Å². The normalized spacial score (nSPS) is 11.8. The van der Waals surface area contributed by atoms with E-state index in [0.717, 1.165) is 11.3 Å². The summed E-state index contributed by atoms with van der Waals surface area (Å²) in [5.41, 5.74) is 6.72. The fourth-order valence-electron chi connectivity index (χ4n) is 1.87. The fraction of sp³-hybridized carbons (Fsp3) is 0.500. The van der Waals surface area contributed by atoms with Crippen molar-refractivity contribution in [1.29, 1.82) is 0 Å². The van der Waals surface area contributed by atoms with Gasteiger partial charge in [0.1, 0.15) is 11.5 Å². The van der Waals surface area contributed by atoms with E-state index >= 15 is 0 Å². The zero-order valence-electron chi connectivity index (χ0n) is 12.0. The predicted octanol–water partition coefficient (Wildman–Crippen LogP) is 1.22. The second kappa shape index (κ2) is 6.99. The molecule has 0 bridgehead atoms. The second-order valence-electron chi connectivity index (χ2n) is 4.53. The highest BCUT2D eigenvalue weighted by Crippen LogP contribution is 2.32. The van der Waals surface area contributed by atoms with Crippen LogP contribution in [0.15, 0.2) is 18.2 Å². The van der Waals surface area contributed by atoms with Crippen molar-refractivity contribution in [2.24, 2.45) is 5.73 Å². The maximum absolute atomic E-state index is 11.8. The van der Waals surface area contributed by atoms with Crippen LogP contribution in [0.3, 0.4) is 0 Å². The van der Waals surface area contributed by atoms with E-state index in [1.165, 1.54) is 0 Å². The molecule has 0 fully saturated rings. The summed E-state index contributed by atoms with van der Waals surface area (Å²) >= 11 is 0. The number of benzene rings is 1. The molecule has 0 spiro atoms. The molecule has 1 aromatic rings. The Hall–Kier alpha value is -1.75. The molecule has 0 aliphatic carbocycles. The molecule has 1 rings (SSSR count). The van der Waals surface area contributed by atoms with Crippen molar-refractivity contribution >= 4 is 5.91 Å². The van der Waals surface area contributed by atoms with E-state index in [0.29, 0.717) is 18.7 Å². The van der Waals surface area contributed by atoms with Crippen molar-refractivity contribution in [3.63, 3.8) is 0 Å². The Kier molecular flexibility index (Phi) is 5.63. The van der Waals surface area contributed by atoms with E-state index in [1.807, 2.05) is 12.1 Å². The molecule has 0 heterocycles. The van der Waals surface area contributed by atoms with E-state index in [9.17, 15) is 4.79 Å². The van der Waals surface area contributed by atoms with E-state index in [-0.39, 0.29) is 11.8 Å². The van der Waals surface area contributed by atoms with Crippen molar-refractivity contribution in [3.8, 4) is 11.5 Å². The number of amides is 1. The quantitative estimate of drug-likeness (QED) is 0.841. The summed E-state index contributed by atoms with van der Waals surface area (Å²) in [6.45, 7) is 0.391. The van der Waals surface area contributed by atoms with E-state index < -0.39 is 0 Å². The third-order valence-electron chi connectivity index (χ3n) is 3.08. The number of hydrogen-bond acceptors (Lipinski definition) is 4. The van der Waals surface area contributed by atoms with Crippen LogP contribution >= 0.6 is 0 Å². The molecule has 1 atom stereocenters. The average Bonchev–Trinajstić information content (AvgIpc) is 2.43. The molecule has 0 radical (unpaired) electrons. The number of nitrogens with two attached hydrogens (primary N) is 1. The lowest BCUT2D eigenvalue weighted by atomic mass is 9.94. The fourth-order valence-corrected chi connectivity index (χ4v) is 1.87. The molecule has 0 saturated carbocycles. The molecule has 2 N–H and O–H groups in total. The first kappa shape index (κ1) is 15.3. The first-order valence-corrected chi connectivity index (χ1v) is 6.15. The lowest BCUT2D eigenvalue weighted by Gasteiger charge is -2.20. The minimum Gasteiger partial charge on any atom is -0.497 e. The number of carbonyl (C=O) groups excluding carboxylic acids is 1. The molecule has 5 heteroatoms. The zero-order chi connectivity index (χ0) is 14.4. The van der Waals surface area contributed by atoms with Crippen LogP contribution in [0.1, 0.15) is 17.9 Å². The van der Waals surface area contributed by atoms with Crippen LogP contribution in [0.25, 0.3) is 0 Å². The highest BCUT2D eigenvalue weighted by atomic mass is 16.5. The van der Waals surface area contributed by atoms with Crippen molar-refractivity contribution in [2.45, 2.75) is 12.3 Å². The van der Waals surface area contributed by atoms with Crippen LogP contribution < -0.4 is 15.2 Å². The number of rotatable bonds is 6. The van der Waals surface area contributed by atoms with Crippen LogP contribution in [-0.4, -0.2) is 45.7 Å². The molecule has 19 heavy (non-hydrogen) atoms. The van der Waals surface area contributed by atoms with Gasteiger partial charge < -0.3 is 20.1 Å². The predicted molar refractivity (Wildman–Crippen MR) is 74.7 cm³/mol. The molecular formula is C14H22N2O3. The molecular weight excluding hydrogens is 244 g/mol. The smallest absolute Gasteiger partial charge is 0.222 e. The first-order chi connectivity index (χ1) is 9.03. The standard InChI is InChI=1S/C14H22N2O3/c1-16(2)14(17)7-10(9-15)12-6-5-11(18-3)8-13(12)19-4/h5-6,8,10H,7,9,15H2,1-4H3. The van der Waals surface area contributed by atoms with Gasteiger partial charge in [-0.15, -0.1) is 0 Å². The topological polar surface area (TPSA) is 64.8 Å². The highest BCUT2D eigenvalue weighted by molar-refractivity contribution is 5.76. The maximum atomic E-state index is 11.8. The Labute approximate surface area is 114 Å². The van der Waals surface area contributed by atoms with Crippen LogP contribution in [-0.2, 0) is 4.79 Å². The Morgan fingerprint density at radius 1 is 1.32 bits per heavy atom. The molecule has 1 aromatic carbocycles. The van der Waals surface area contributed by atoms with Gasteiger partial charge in [-0.2, -0.15) is 0 Å². The molecule has 0 saturated heterocycles. The van der Waals surface area contributed by atoms with E-state index in [2.05, 4.69) is 0 Å². The van der Waals surface area contributed by atoms with Gasteiger partial charge in [0.15, 0.2) is 0 Å². The van der Waals surface area contributed by atoms with Gasteiger partial charge in [0.25, 0.3) is 0 Å². The molecule has 0 aliphatic heterocycles. The molecule has 0 aromatic heterocycles. The summed E-state index contributed by atoms with van der Waals surface area (Å²) in [5, 5.41) is 0. The van der Waals surface area contributed by atoms with Gasteiger partial charge in [-0.05, 0) is 18.2 Å². The SMILES string of the molecule is COc1ccc(C(CN)CC(=O)N(C)C)c(OC)c1. The van der Waals surface area contributed by atoms with Gasteiger partial charge in [-0.25, -0.2) is 0 Å². The Morgan fingerprint density at radius 2 is 2.00 bits per heavy atom. The highest BCUT2D eigenvalue weighted by Gasteiger charge is 2.19. The monoisotopic (exact) mass is 266 g/mol. The number of methoxy groups -OCH3 is 2. The van der Waals surface area contributed by atoms with Gasteiger partial charge in [-0.3, -0.25) is 4.79 Å². The molecule has 1 unspecified atom stereocenters. The van der Waals surface area contributed by atoms with Crippen molar-refractivity contribution < 1.29 is 14.3 Å². The minimum atomic E-state index is -0.0595. The number of ether oxygens (including phenoxy) is 2. The van der Waals surface area contributed by atoms with E-state index in [1.54, 1.807) is 39.3 Å². The number of nitrogens with zero attached hydrogens (tertiary/aromatic N) is 1. The summed E-state index contributed by atoms with van der Waals surface area (Å²) in [6.07, 6.45) is 0.367. The summed E-state index contributed by atoms with van der Waals surface area (Å²) in [5.74, 6) is 1.40. The molecule has 106 valence electrons. The lowest BCUT2D eigenvalue weighted by molar-refractivity contribution is -0.129. The van der Waals surface area contributed by atoms with Crippen LogP contribution in [0.2, 0.25) is 0 Å². The number of hydrogen-bond donors (Lipinski definition) is 1. The minimum absolute atomic E-state index is 0.0494. The molecule has 0 aliphatic rings. The van der Waals surface area contributed by atoms with Crippen LogP contribution in [0, 0.1) is 0 Å². The Bertz CT molecular complexity index is 433. The summed E-state index contributed by atoms with van der Waals surface area (Å²) in [4.78, 5) is 13.4. The Balaban J connectivity index is 3.00. The van der Waals surface area contributed by atoms with E-state index in [4.69, 9.17) is 15.2 Å². The Morgan fingerprint density at radius 3 is 2.47 bits per heavy atom. The largest absolute Gasteiger partial charge is 0.497 e. The van der Waals surface area contributed by atoms with Gasteiger partial charge in [-0.1, -0.05) is 6.07 Å². The molecule has 5 nitrogen and oxygen atoms in total. The zero-order valence-corrected chi connectivity index (χ0v) is 12.0. The third kappa shape index (κ3) is 3.86. The van der Waals surface area contributed by atoms with Crippen molar-refractivity contribution in [2.75, 3.05) is 34.9 Å². The van der Waals surface area contributed by atoms with Gasteiger partial charge >= 0.3 is 0 Å². The lowest BCUT2D eigenvalue weighted by Crippen LogP contribution is -2.26. The summed E-state index contributed by atoms with van der Waals surface area (Å²) in [6, 6.07) is 5.55.